The molecule has 3 N–H and O–H groups in total. The molecule has 0 saturated carbocycles. The fourth-order valence-electron chi connectivity index (χ4n) is 1.32. The Kier molecular flexibility index (Phi) is 3.21. The molecule has 0 saturated heterocycles. The third-order valence-corrected chi connectivity index (χ3v) is 3.10. The third kappa shape index (κ3) is 2.34. The number of hydrogen-bond donors (Lipinski definition) is 3. The lowest BCUT2D eigenvalue weighted by Crippen LogP contribution is -2.20. The van der Waals surface area contributed by atoms with E-state index >= 15 is 0 Å². The van der Waals surface area contributed by atoms with Crippen LogP contribution in [0, 0.1) is 0 Å². The van der Waals surface area contributed by atoms with Gasteiger partial charge in [-0.3, -0.25) is 0 Å². The number of anilines is 1. The second-order valence-electron chi connectivity index (χ2n) is 3.59. The average Bonchev–Trinajstić information content (AvgIpc) is 2.71. The van der Waals surface area contributed by atoms with E-state index < -0.39 is 5.97 Å². The summed E-state index contributed by atoms with van der Waals surface area (Å²) in [7, 11) is 0. The van der Waals surface area contributed by atoms with Crippen LogP contribution in [0.3, 0.4) is 0 Å². The first-order valence-corrected chi connectivity index (χ1v) is 5.84. The predicted octanol–water partition coefficient (Wildman–Crippen LogP) is 1.18. The van der Waals surface area contributed by atoms with E-state index in [1.165, 1.54) is 11.3 Å². The van der Waals surface area contributed by atoms with Crippen LogP contribution < -0.4 is 5.32 Å². The van der Waals surface area contributed by atoms with Gasteiger partial charge < -0.3 is 15.5 Å². The normalized spacial score (nSPS) is 12.6. The summed E-state index contributed by atoms with van der Waals surface area (Å²) in [5.74, 6) is -0.684. The zero-order valence-electron chi connectivity index (χ0n) is 9.04. The van der Waals surface area contributed by atoms with Crippen LogP contribution in [-0.4, -0.2) is 38.8 Å². The van der Waals surface area contributed by atoms with E-state index in [-0.39, 0.29) is 18.2 Å². The van der Waals surface area contributed by atoms with Crippen molar-refractivity contribution in [2.45, 2.75) is 13.0 Å². The van der Waals surface area contributed by atoms with Crippen LogP contribution >= 0.6 is 11.3 Å². The summed E-state index contributed by atoms with van der Waals surface area (Å²) in [4.78, 5) is 19.1. The van der Waals surface area contributed by atoms with Gasteiger partial charge in [0.05, 0.1) is 23.1 Å². The van der Waals surface area contributed by atoms with Gasteiger partial charge in [0.25, 0.3) is 0 Å². The molecule has 2 aromatic heterocycles. The second kappa shape index (κ2) is 4.64. The number of nitrogens with zero attached hydrogens (tertiary/aromatic N) is 2. The number of aromatic nitrogens is 2. The summed E-state index contributed by atoms with van der Waals surface area (Å²) in [6.45, 7) is 1.73. The molecule has 2 rings (SSSR count). The first-order chi connectivity index (χ1) is 8.11. The maximum atomic E-state index is 11.0. The number of rotatable bonds is 4. The average molecular weight is 253 g/mol. The number of hydrogen-bond acceptors (Lipinski definition) is 6. The van der Waals surface area contributed by atoms with Gasteiger partial charge >= 0.3 is 5.97 Å². The molecule has 90 valence electrons. The molecule has 1 unspecified atom stereocenters. The largest absolute Gasteiger partial charge is 0.478 e. The Balaban J connectivity index is 2.41. The number of carboxylic acid groups (broad SMARTS) is 1. The summed E-state index contributed by atoms with van der Waals surface area (Å²) < 4.78 is 0.726. The number of carbonyl (C=O) groups is 1. The van der Waals surface area contributed by atoms with Gasteiger partial charge in [-0.15, -0.1) is 11.3 Å². The van der Waals surface area contributed by atoms with E-state index in [1.807, 2.05) is 0 Å². The van der Waals surface area contributed by atoms with Gasteiger partial charge in [-0.25, -0.2) is 14.8 Å². The van der Waals surface area contributed by atoms with Crippen molar-refractivity contribution in [3.8, 4) is 0 Å². The van der Waals surface area contributed by atoms with E-state index in [0.29, 0.717) is 11.5 Å². The zero-order chi connectivity index (χ0) is 12.4. The van der Waals surface area contributed by atoms with Crippen molar-refractivity contribution in [2.24, 2.45) is 0 Å². The molecular formula is C10H11N3O3S. The minimum absolute atomic E-state index is 0.0448. The summed E-state index contributed by atoms with van der Waals surface area (Å²) in [6.07, 6.45) is 1.58. The highest BCUT2D eigenvalue weighted by Gasteiger charge is 2.13. The summed E-state index contributed by atoms with van der Waals surface area (Å²) in [5.41, 5.74) is 0.595. The van der Waals surface area contributed by atoms with Crippen molar-refractivity contribution < 1.29 is 15.0 Å². The van der Waals surface area contributed by atoms with Crippen molar-refractivity contribution in [2.75, 3.05) is 11.9 Å². The summed E-state index contributed by atoms with van der Waals surface area (Å²) in [6, 6.07) is -0.181. The van der Waals surface area contributed by atoms with Crippen LogP contribution in [-0.2, 0) is 0 Å². The molecule has 2 aromatic rings. The molecular weight excluding hydrogens is 242 g/mol. The standard InChI is InChI=1S/C10H11N3O3S/c1-5(3-14)12-10-11-2-7-8(13-10)6(4-17-7)9(15)16/h2,4-5,14H,3H2,1H3,(H,15,16)(H,11,12,13). The number of nitrogens with one attached hydrogen (secondary N) is 1. The van der Waals surface area contributed by atoms with E-state index in [1.54, 1.807) is 18.5 Å². The number of carboxylic acids is 1. The second-order valence-corrected chi connectivity index (χ2v) is 4.50. The lowest BCUT2D eigenvalue weighted by atomic mass is 10.3. The van der Waals surface area contributed by atoms with Gasteiger partial charge in [-0.2, -0.15) is 0 Å². The highest BCUT2D eigenvalue weighted by atomic mass is 32.1. The Morgan fingerprint density at radius 1 is 1.65 bits per heavy atom. The molecule has 0 fully saturated rings. The first-order valence-electron chi connectivity index (χ1n) is 4.96. The maximum Gasteiger partial charge on any atom is 0.338 e. The Morgan fingerprint density at radius 3 is 3.06 bits per heavy atom. The fraction of sp³-hybridized carbons (Fsp3) is 0.300. The number of aromatic carboxylic acids is 1. The quantitative estimate of drug-likeness (QED) is 0.757. The van der Waals surface area contributed by atoms with Crippen molar-refractivity contribution in [3.05, 3.63) is 17.1 Å². The zero-order valence-corrected chi connectivity index (χ0v) is 9.86. The van der Waals surface area contributed by atoms with Gasteiger partial charge in [0.1, 0.15) is 5.52 Å². The van der Waals surface area contributed by atoms with Crippen LogP contribution in [0.1, 0.15) is 17.3 Å². The Labute approximate surface area is 101 Å². The Hall–Kier alpha value is -1.73. The van der Waals surface area contributed by atoms with Crippen molar-refractivity contribution in [1.82, 2.24) is 9.97 Å². The van der Waals surface area contributed by atoms with Gasteiger partial charge in [0.15, 0.2) is 0 Å². The topological polar surface area (TPSA) is 95.3 Å². The monoisotopic (exact) mass is 253 g/mol. The fourth-order valence-corrected chi connectivity index (χ4v) is 2.15. The van der Waals surface area contributed by atoms with Gasteiger partial charge in [-0.1, -0.05) is 0 Å². The molecule has 0 aliphatic carbocycles. The van der Waals surface area contributed by atoms with E-state index in [0.717, 1.165) is 4.70 Å². The van der Waals surface area contributed by atoms with Crippen LogP contribution in [0.4, 0.5) is 5.95 Å². The molecule has 7 heteroatoms. The number of thiophene rings is 1. The molecule has 0 aliphatic heterocycles. The lowest BCUT2D eigenvalue weighted by molar-refractivity contribution is 0.0699. The predicted molar refractivity (Wildman–Crippen MR) is 64.5 cm³/mol. The first kappa shape index (κ1) is 11.7. The highest BCUT2D eigenvalue weighted by molar-refractivity contribution is 7.17. The molecule has 0 radical (unpaired) electrons. The Morgan fingerprint density at radius 2 is 2.41 bits per heavy atom. The molecule has 2 heterocycles. The van der Waals surface area contributed by atoms with Crippen molar-refractivity contribution in [1.29, 1.82) is 0 Å². The van der Waals surface area contributed by atoms with Crippen LogP contribution in [0.2, 0.25) is 0 Å². The molecule has 0 amide bonds. The molecule has 0 bridgehead atoms. The van der Waals surface area contributed by atoms with Crippen LogP contribution in [0.5, 0.6) is 0 Å². The van der Waals surface area contributed by atoms with Gasteiger partial charge in [0.2, 0.25) is 5.95 Å². The highest BCUT2D eigenvalue weighted by Crippen LogP contribution is 2.24. The lowest BCUT2D eigenvalue weighted by Gasteiger charge is -2.09. The molecule has 17 heavy (non-hydrogen) atoms. The van der Waals surface area contributed by atoms with Gasteiger partial charge in [0, 0.05) is 11.4 Å². The van der Waals surface area contributed by atoms with E-state index in [9.17, 15) is 4.79 Å². The third-order valence-electron chi connectivity index (χ3n) is 2.19. The number of aliphatic hydroxyl groups excluding tert-OH is 1. The molecule has 0 aliphatic rings. The van der Waals surface area contributed by atoms with Crippen molar-refractivity contribution >= 4 is 33.5 Å². The molecule has 0 aromatic carbocycles. The van der Waals surface area contributed by atoms with E-state index in [2.05, 4.69) is 15.3 Å². The number of fused-ring (bicyclic) bond motifs is 1. The van der Waals surface area contributed by atoms with Gasteiger partial charge in [-0.05, 0) is 6.92 Å². The minimum atomic E-state index is -1.00. The molecule has 6 nitrogen and oxygen atoms in total. The molecule has 0 spiro atoms. The summed E-state index contributed by atoms with van der Waals surface area (Å²) in [5, 5.41) is 22.3. The molecule has 1 atom stereocenters. The van der Waals surface area contributed by atoms with Crippen LogP contribution in [0.15, 0.2) is 11.6 Å². The maximum absolute atomic E-state index is 11.0. The SMILES string of the molecule is CC(CO)Nc1ncc2scc(C(=O)O)c2n1. The Bertz CT molecular complexity index is 555. The van der Waals surface area contributed by atoms with E-state index in [4.69, 9.17) is 10.2 Å². The van der Waals surface area contributed by atoms with Crippen LogP contribution in [0.25, 0.3) is 10.2 Å². The number of aliphatic hydroxyl groups is 1. The summed E-state index contributed by atoms with van der Waals surface area (Å²) >= 11 is 1.29. The smallest absolute Gasteiger partial charge is 0.338 e. The minimum Gasteiger partial charge on any atom is -0.478 e. The van der Waals surface area contributed by atoms with Crippen molar-refractivity contribution in [3.63, 3.8) is 0 Å².